The maximum absolute atomic E-state index is 13.9. The van der Waals surface area contributed by atoms with Crippen LogP contribution in [0.2, 0.25) is 0 Å². The van der Waals surface area contributed by atoms with Crippen LogP contribution in [0.5, 0.6) is 0 Å². The number of esters is 1. The zero-order chi connectivity index (χ0) is 16.4. The molecule has 0 spiro atoms. The molecule has 0 radical (unpaired) electrons. The molecule has 0 saturated carbocycles. The fraction of sp³-hybridized carbons (Fsp3) is 0.462. The molecule has 0 amide bonds. The quantitative estimate of drug-likeness (QED) is 0.528. The third-order valence-electron chi connectivity index (χ3n) is 2.81. The highest BCUT2D eigenvalue weighted by molar-refractivity contribution is 5.96. The van der Waals surface area contributed by atoms with Crippen LogP contribution in [-0.4, -0.2) is 31.8 Å². The maximum atomic E-state index is 13.9. The summed E-state index contributed by atoms with van der Waals surface area (Å²) in [6, 6.07) is 1.16. The number of carbonyl (C=O) groups excluding carboxylic acids is 1. The average molecular weight is 308 g/mol. The number of ether oxygens (including phenoxy) is 1. The van der Waals surface area contributed by atoms with Crippen LogP contribution in [0.15, 0.2) is 12.1 Å². The monoisotopic (exact) mass is 308 g/mol. The molecule has 0 unspecified atom stereocenters. The Bertz CT molecular complexity index is 530. The summed E-state index contributed by atoms with van der Waals surface area (Å²) >= 11 is 0. The van der Waals surface area contributed by atoms with Gasteiger partial charge >= 0.3 is 12.1 Å². The van der Waals surface area contributed by atoms with Gasteiger partial charge < -0.3 is 15.4 Å². The van der Waals surface area contributed by atoms with Crippen molar-refractivity contribution < 1.29 is 27.1 Å². The summed E-state index contributed by atoms with van der Waals surface area (Å²) in [4.78, 5) is 12.3. The Hall–Kier alpha value is -1.99. The first-order chi connectivity index (χ1) is 9.56. The molecule has 0 heterocycles. The molecule has 0 saturated heterocycles. The van der Waals surface area contributed by atoms with Gasteiger partial charge in [0, 0.05) is 11.7 Å². The second kappa shape index (κ2) is 6.19. The van der Waals surface area contributed by atoms with E-state index in [1.54, 1.807) is 0 Å². The van der Waals surface area contributed by atoms with Gasteiger partial charge in [-0.15, -0.1) is 0 Å². The molecule has 0 fully saturated rings. The van der Waals surface area contributed by atoms with Crippen molar-refractivity contribution >= 4 is 17.3 Å². The van der Waals surface area contributed by atoms with Crippen LogP contribution in [0.3, 0.4) is 0 Å². The highest BCUT2D eigenvalue weighted by Crippen LogP contribution is 2.30. The summed E-state index contributed by atoms with van der Waals surface area (Å²) in [5.41, 5.74) is 4.76. The SMILES string of the molecule is COC(=O)c1cc(N(CC(F)(F)F)C(C)C)c(F)cc1N. The van der Waals surface area contributed by atoms with Crippen LogP contribution < -0.4 is 10.6 Å². The van der Waals surface area contributed by atoms with Gasteiger partial charge in [-0.05, 0) is 26.0 Å². The Morgan fingerprint density at radius 2 is 1.95 bits per heavy atom. The number of benzene rings is 1. The molecule has 0 aromatic heterocycles. The van der Waals surface area contributed by atoms with E-state index in [9.17, 15) is 22.4 Å². The Kier molecular flexibility index (Phi) is 5.03. The largest absolute Gasteiger partial charge is 0.465 e. The fourth-order valence-corrected chi connectivity index (χ4v) is 1.82. The van der Waals surface area contributed by atoms with Crippen molar-refractivity contribution in [1.82, 2.24) is 0 Å². The summed E-state index contributed by atoms with van der Waals surface area (Å²) in [5, 5.41) is 0. The lowest BCUT2D eigenvalue weighted by Crippen LogP contribution is -2.39. The predicted octanol–water partition coefficient (Wildman–Crippen LogP) is 2.97. The van der Waals surface area contributed by atoms with Crippen molar-refractivity contribution in [3.63, 3.8) is 0 Å². The van der Waals surface area contributed by atoms with Gasteiger partial charge in [-0.3, -0.25) is 0 Å². The number of halogens is 4. The van der Waals surface area contributed by atoms with Gasteiger partial charge in [0.1, 0.15) is 12.4 Å². The Balaban J connectivity index is 3.34. The lowest BCUT2D eigenvalue weighted by atomic mass is 10.1. The normalized spacial score (nSPS) is 11.6. The first-order valence-corrected chi connectivity index (χ1v) is 6.07. The Morgan fingerprint density at radius 1 is 1.38 bits per heavy atom. The maximum Gasteiger partial charge on any atom is 0.405 e. The van der Waals surface area contributed by atoms with Crippen LogP contribution >= 0.6 is 0 Å². The molecule has 0 aliphatic heterocycles. The van der Waals surface area contributed by atoms with Gasteiger partial charge in [-0.1, -0.05) is 0 Å². The molecule has 0 atom stereocenters. The van der Waals surface area contributed by atoms with Crippen molar-refractivity contribution in [1.29, 1.82) is 0 Å². The van der Waals surface area contributed by atoms with Crippen LogP contribution in [0.4, 0.5) is 28.9 Å². The summed E-state index contributed by atoms with van der Waals surface area (Å²) in [6.07, 6.45) is -4.51. The van der Waals surface area contributed by atoms with Crippen LogP contribution in [0.25, 0.3) is 0 Å². The molecular formula is C13H16F4N2O2. The number of methoxy groups -OCH3 is 1. The van der Waals surface area contributed by atoms with E-state index in [0.717, 1.165) is 24.1 Å². The van der Waals surface area contributed by atoms with Gasteiger partial charge in [0.15, 0.2) is 0 Å². The summed E-state index contributed by atoms with van der Waals surface area (Å²) < 4.78 is 56.2. The molecule has 1 aromatic rings. The molecule has 0 aliphatic rings. The van der Waals surface area contributed by atoms with Crippen molar-refractivity contribution in [3.05, 3.63) is 23.5 Å². The molecule has 4 nitrogen and oxygen atoms in total. The second-order valence-corrected chi connectivity index (χ2v) is 4.72. The molecule has 8 heteroatoms. The minimum atomic E-state index is -4.51. The number of alkyl halides is 3. The molecule has 1 aromatic carbocycles. The molecule has 118 valence electrons. The first kappa shape index (κ1) is 17.1. The lowest BCUT2D eigenvalue weighted by molar-refractivity contribution is -0.120. The van der Waals surface area contributed by atoms with Crippen molar-refractivity contribution in [2.24, 2.45) is 0 Å². The highest BCUT2D eigenvalue weighted by atomic mass is 19.4. The van der Waals surface area contributed by atoms with E-state index in [1.807, 2.05) is 0 Å². The number of carbonyl (C=O) groups is 1. The van der Waals surface area contributed by atoms with Crippen molar-refractivity contribution in [3.8, 4) is 0 Å². The van der Waals surface area contributed by atoms with E-state index < -0.39 is 30.5 Å². The van der Waals surface area contributed by atoms with Crippen molar-refractivity contribution in [2.45, 2.75) is 26.1 Å². The van der Waals surface area contributed by atoms with E-state index in [-0.39, 0.29) is 16.9 Å². The third kappa shape index (κ3) is 4.24. The van der Waals surface area contributed by atoms with Crippen molar-refractivity contribution in [2.75, 3.05) is 24.3 Å². The van der Waals surface area contributed by atoms with E-state index >= 15 is 0 Å². The predicted molar refractivity (Wildman–Crippen MR) is 70.7 cm³/mol. The third-order valence-corrected chi connectivity index (χ3v) is 2.81. The van der Waals surface area contributed by atoms with E-state index in [4.69, 9.17) is 5.73 Å². The number of hydrogen-bond acceptors (Lipinski definition) is 4. The zero-order valence-corrected chi connectivity index (χ0v) is 11.8. The van der Waals surface area contributed by atoms with Gasteiger partial charge in [0.05, 0.1) is 18.4 Å². The average Bonchev–Trinajstić information content (AvgIpc) is 2.34. The van der Waals surface area contributed by atoms with Gasteiger partial charge in [-0.25, -0.2) is 9.18 Å². The minimum Gasteiger partial charge on any atom is -0.465 e. The molecule has 21 heavy (non-hydrogen) atoms. The standard InChI is InChI=1S/C13H16F4N2O2/c1-7(2)19(6-13(15,16)17)11-4-8(12(20)21-3)10(18)5-9(11)14/h4-5,7H,6,18H2,1-3H3. The van der Waals surface area contributed by atoms with Gasteiger partial charge in [0.2, 0.25) is 0 Å². The lowest BCUT2D eigenvalue weighted by Gasteiger charge is -2.30. The number of rotatable bonds is 4. The van der Waals surface area contributed by atoms with Crippen LogP contribution in [0, 0.1) is 5.82 Å². The Labute approximate surface area is 119 Å². The van der Waals surface area contributed by atoms with Gasteiger partial charge in [-0.2, -0.15) is 13.2 Å². The number of hydrogen-bond donors (Lipinski definition) is 1. The van der Waals surface area contributed by atoms with E-state index in [1.165, 1.54) is 13.8 Å². The number of nitrogens with zero attached hydrogens (tertiary/aromatic N) is 1. The summed E-state index contributed by atoms with van der Waals surface area (Å²) in [5.74, 6) is -1.78. The molecule has 0 aliphatic carbocycles. The first-order valence-electron chi connectivity index (χ1n) is 6.07. The Morgan fingerprint density at radius 3 is 2.38 bits per heavy atom. The number of anilines is 2. The highest BCUT2D eigenvalue weighted by Gasteiger charge is 2.33. The summed E-state index contributed by atoms with van der Waals surface area (Å²) in [7, 11) is 1.10. The van der Waals surface area contributed by atoms with Gasteiger partial charge in [0.25, 0.3) is 0 Å². The van der Waals surface area contributed by atoms with E-state index in [0.29, 0.717) is 0 Å². The molecule has 0 bridgehead atoms. The zero-order valence-electron chi connectivity index (χ0n) is 11.8. The van der Waals surface area contributed by atoms with Crippen LogP contribution in [0.1, 0.15) is 24.2 Å². The topological polar surface area (TPSA) is 55.6 Å². The molecule has 2 N–H and O–H groups in total. The fourth-order valence-electron chi connectivity index (χ4n) is 1.82. The molecular weight excluding hydrogens is 292 g/mol. The smallest absolute Gasteiger partial charge is 0.405 e. The molecule has 1 rings (SSSR count). The van der Waals surface area contributed by atoms with Crippen LogP contribution in [-0.2, 0) is 4.74 Å². The number of nitrogen functional groups attached to an aromatic ring is 1. The number of nitrogens with two attached hydrogens (primary N) is 1. The summed E-state index contributed by atoms with van der Waals surface area (Å²) in [6.45, 7) is 1.63. The second-order valence-electron chi connectivity index (χ2n) is 4.72. The minimum absolute atomic E-state index is 0.179. The van der Waals surface area contributed by atoms with E-state index in [2.05, 4.69) is 4.74 Å².